The fourth-order valence-electron chi connectivity index (χ4n) is 3.96. The molecule has 0 bridgehead atoms. The summed E-state index contributed by atoms with van der Waals surface area (Å²) in [5.74, 6) is -0.870. The van der Waals surface area contributed by atoms with E-state index in [1.807, 2.05) is 39.8 Å². The van der Waals surface area contributed by atoms with Crippen molar-refractivity contribution in [3.63, 3.8) is 0 Å². The highest BCUT2D eigenvalue weighted by atomic mass is 32.2. The summed E-state index contributed by atoms with van der Waals surface area (Å²) in [4.78, 5) is 27.7. The van der Waals surface area contributed by atoms with Gasteiger partial charge >= 0.3 is 0 Å². The number of carbonyl (C=O) groups is 2. The molecule has 0 saturated carbocycles. The van der Waals surface area contributed by atoms with Crippen LogP contribution >= 0.6 is 0 Å². The molecule has 7 nitrogen and oxygen atoms in total. The lowest BCUT2D eigenvalue weighted by molar-refractivity contribution is -0.141. The molecule has 36 heavy (non-hydrogen) atoms. The summed E-state index contributed by atoms with van der Waals surface area (Å²) in [6.45, 7) is 8.47. The Kier molecular flexibility index (Phi) is 10.9. The fraction of sp³-hybridized carbons (Fsp3) is 0.481. The normalized spacial score (nSPS) is 12.2. The van der Waals surface area contributed by atoms with Crippen LogP contribution in [0.1, 0.15) is 56.2 Å². The molecule has 9 heteroatoms. The van der Waals surface area contributed by atoms with Crippen LogP contribution in [0.4, 0.5) is 10.1 Å². The molecule has 0 aliphatic heterocycles. The minimum absolute atomic E-state index is 0.0651. The number of aryl methyl sites for hydroxylation is 2. The summed E-state index contributed by atoms with van der Waals surface area (Å²) in [7, 11) is -3.55. The monoisotopic (exact) mass is 519 g/mol. The van der Waals surface area contributed by atoms with Crippen molar-refractivity contribution < 1.29 is 22.4 Å². The Morgan fingerprint density at radius 2 is 1.69 bits per heavy atom. The highest BCUT2D eigenvalue weighted by molar-refractivity contribution is 7.92. The van der Waals surface area contributed by atoms with E-state index < -0.39 is 16.1 Å². The highest BCUT2D eigenvalue weighted by Gasteiger charge is 2.28. The molecule has 198 valence electrons. The summed E-state index contributed by atoms with van der Waals surface area (Å²) in [5.41, 5.74) is 3.30. The predicted molar refractivity (Wildman–Crippen MR) is 142 cm³/mol. The smallest absolute Gasteiger partial charge is 0.242 e. The Balaban J connectivity index is 2.21. The maximum absolute atomic E-state index is 13.4. The van der Waals surface area contributed by atoms with Crippen LogP contribution in [0.3, 0.4) is 0 Å². The molecule has 2 rings (SSSR count). The molecule has 0 unspecified atom stereocenters. The van der Waals surface area contributed by atoms with Gasteiger partial charge in [-0.2, -0.15) is 0 Å². The van der Waals surface area contributed by atoms with Crippen LogP contribution in [-0.2, 0) is 26.2 Å². The van der Waals surface area contributed by atoms with E-state index >= 15 is 0 Å². The fourth-order valence-corrected chi connectivity index (χ4v) is 4.91. The molecule has 0 fully saturated rings. The van der Waals surface area contributed by atoms with Crippen LogP contribution in [0.5, 0.6) is 0 Å². The standard InChI is InChI=1S/C27H38FN3O4S/c1-6-16-29-27(33)25(7-2)30(19-22-11-13-23(28)14-12-22)26(32)9-8-17-31(36(5,34)35)24-15-10-20(3)21(4)18-24/h10-15,18,25H,6-9,16-17,19H2,1-5H3,(H,29,33)/t25-/m0/s1. The summed E-state index contributed by atoms with van der Waals surface area (Å²) in [6.07, 6.45) is 2.69. The van der Waals surface area contributed by atoms with Gasteiger partial charge in [0.2, 0.25) is 21.8 Å². The Labute approximate surface area is 214 Å². The number of hydrogen-bond donors (Lipinski definition) is 1. The minimum atomic E-state index is -3.55. The average Bonchev–Trinajstić information content (AvgIpc) is 2.82. The van der Waals surface area contributed by atoms with Gasteiger partial charge < -0.3 is 10.2 Å². The molecule has 2 aromatic rings. The minimum Gasteiger partial charge on any atom is -0.354 e. The number of anilines is 1. The number of benzene rings is 2. The number of carbonyl (C=O) groups excluding carboxylic acids is 2. The molecule has 0 aromatic heterocycles. The number of sulfonamides is 1. The van der Waals surface area contributed by atoms with Gasteiger partial charge in [0.1, 0.15) is 11.9 Å². The van der Waals surface area contributed by atoms with Crippen LogP contribution in [0, 0.1) is 19.7 Å². The molecule has 0 aliphatic rings. The number of nitrogens with zero attached hydrogens (tertiary/aromatic N) is 2. The zero-order valence-corrected chi connectivity index (χ0v) is 22.7. The molecule has 0 spiro atoms. The second-order valence-corrected chi connectivity index (χ2v) is 11.0. The highest BCUT2D eigenvalue weighted by Crippen LogP contribution is 2.22. The number of amides is 2. The molecule has 0 aliphatic carbocycles. The first kappa shape index (κ1) is 29.3. The third-order valence-electron chi connectivity index (χ3n) is 6.13. The van der Waals surface area contributed by atoms with Gasteiger partial charge in [0.15, 0.2) is 0 Å². The van der Waals surface area contributed by atoms with Gasteiger partial charge in [-0.15, -0.1) is 0 Å². The zero-order chi connectivity index (χ0) is 26.9. The Morgan fingerprint density at radius 3 is 2.25 bits per heavy atom. The van der Waals surface area contributed by atoms with E-state index in [0.29, 0.717) is 24.2 Å². The predicted octanol–water partition coefficient (Wildman–Crippen LogP) is 4.32. The van der Waals surface area contributed by atoms with Crippen molar-refractivity contribution in [2.24, 2.45) is 0 Å². The number of hydrogen-bond acceptors (Lipinski definition) is 4. The van der Waals surface area contributed by atoms with Crippen LogP contribution in [0.15, 0.2) is 42.5 Å². The number of halogens is 1. The Hall–Kier alpha value is -2.94. The van der Waals surface area contributed by atoms with Gasteiger partial charge in [-0.3, -0.25) is 13.9 Å². The quantitative estimate of drug-likeness (QED) is 0.427. The first-order chi connectivity index (χ1) is 17.0. The molecule has 0 radical (unpaired) electrons. The second-order valence-electron chi connectivity index (χ2n) is 9.07. The van der Waals surface area contributed by atoms with Crippen molar-refractivity contribution in [2.75, 3.05) is 23.7 Å². The van der Waals surface area contributed by atoms with E-state index in [2.05, 4.69) is 5.32 Å². The van der Waals surface area contributed by atoms with E-state index in [0.717, 1.165) is 23.8 Å². The second kappa shape index (κ2) is 13.4. The third kappa shape index (κ3) is 8.33. The van der Waals surface area contributed by atoms with Crippen molar-refractivity contribution in [1.29, 1.82) is 0 Å². The molecule has 2 amide bonds. The topological polar surface area (TPSA) is 86.8 Å². The maximum atomic E-state index is 13.4. The van der Waals surface area contributed by atoms with Gasteiger partial charge in [-0.25, -0.2) is 12.8 Å². The SMILES string of the molecule is CCCNC(=O)[C@H](CC)N(Cc1ccc(F)cc1)C(=O)CCCN(c1ccc(C)c(C)c1)S(C)(=O)=O. The molecule has 1 atom stereocenters. The number of rotatable bonds is 13. The largest absolute Gasteiger partial charge is 0.354 e. The molecule has 0 heterocycles. The van der Waals surface area contributed by atoms with Gasteiger partial charge in [-0.1, -0.05) is 32.0 Å². The van der Waals surface area contributed by atoms with E-state index in [4.69, 9.17) is 0 Å². The summed E-state index contributed by atoms with van der Waals surface area (Å²) >= 11 is 0. The van der Waals surface area contributed by atoms with Crippen LogP contribution in [-0.4, -0.2) is 50.5 Å². The first-order valence-corrected chi connectivity index (χ1v) is 14.2. The van der Waals surface area contributed by atoms with Crippen LogP contribution in [0.25, 0.3) is 0 Å². The van der Waals surface area contributed by atoms with Crippen molar-refractivity contribution in [1.82, 2.24) is 10.2 Å². The van der Waals surface area contributed by atoms with E-state index in [1.54, 1.807) is 18.2 Å². The molecular weight excluding hydrogens is 481 g/mol. The molecular formula is C27H38FN3O4S. The lowest BCUT2D eigenvalue weighted by Gasteiger charge is -2.31. The van der Waals surface area contributed by atoms with Crippen molar-refractivity contribution in [3.8, 4) is 0 Å². The van der Waals surface area contributed by atoms with E-state index in [1.165, 1.54) is 21.3 Å². The number of nitrogens with one attached hydrogen (secondary N) is 1. The van der Waals surface area contributed by atoms with Gasteiger partial charge in [0.25, 0.3) is 0 Å². The third-order valence-corrected chi connectivity index (χ3v) is 7.33. The van der Waals surface area contributed by atoms with Gasteiger partial charge in [0, 0.05) is 26.1 Å². The molecule has 1 N–H and O–H groups in total. The van der Waals surface area contributed by atoms with E-state index in [-0.39, 0.29) is 43.6 Å². The summed E-state index contributed by atoms with van der Waals surface area (Å²) in [6, 6.07) is 10.6. The average molecular weight is 520 g/mol. The van der Waals surface area contributed by atoms with Crippen molar-refractivity contribution >= 4 is 27.5 Å². The van der Waals surface area contributed by atoms with Crippen LogP contribution < -0.4 is 9.62 Å². The van der Waals surface area contributed by atoms with Gasteiger partial charge in [0.05, 0.1) is 11.9 Å². The lowest BCUT2D eigenvalue weighted by Crippen LogP contribution is -2.49. The van der Waals surface area contributed by atoms with E-state index in [9.17, 15) is 22.4 Å². The molecule has 2 aromatic carbocycles. The van der Waals surface area contributed by atoms with Crippen molar-refractivity contribution in [2.45, 2.75) is 66.0 Å². The summed E-state index contributed by atoms with van der Waals surface area (Å²) < 4.78 is 39.7. The summed E-state index contributed by atoms with van der Waals surface area (Å²) in [5, 5.41) is 2.86. The van der Waals surface area contributed by atoms with Crippen LogP contribution in [0.2, 0.25) is 0 Å². The maximum Gasteiger partial charge on any atom is 0.242 e. The van der Waals surface area contributed by atoms with Crippen molar-refractivity contribution in [3.05, 3.63) is 65.0 Å². The Morgan fingerprint density at radius 1 is 1.03 bits per heavy atom. The zero-order valence-electron chi connectivity index (χ0n) is 21.9. The lowest BCUT2D eigenvalue weighted by atomic mass is 10.1. The van der Waals surface area contributed by atoms with Gasteiger partial charge in [-0.05, 0) is 74.1 Å². The first-order valence-electron chi connectivity index (χ1n) is 12.3. The molecule has 0 saturated heterocycles. The Bertz CT molecular complexity index is 1140.